The zero-order valence-corrected chi connectivity index (χ0v) is 37.6. The molecule has 2 heterocycles. The van der Waals surface area contributed by atoms with Crippen LogP contribution in [0.5, 0.6) is 0 Å². The van der Waals surface area contributed by atoms with Crippen LogP contribution in [-0.4, -0.2) is 41.6 Å². The number of rotatable bonds is 4. The van der Waals surface area contributed by atoms with Gasteiger partial charge in [-0.25, -0.2) is 9.36 Å². The molecule has 0 bridgehead atoms. The Balaban J connectivity index is 0.000000856. The Kier molecular flexibility index (Phi) is 21.9. The van der Waals surface area contributed by atoms with Gasteiger partial charge in [0.05, 0.1) is 52.3 Å². The quantitative estimate of drug-likeness (QED) is 0.0887. The zero-order chi connectivity index (χ0) is 38.9. The topological polar surface area (TPSA) is 152 Å². The summed E-state index contributed by atoms with van der Waals surface area (Å²) in [6, 6.07) is 6.36. The first-order valence-electron chi connectivity index (χ1n) is 12.0. The molecule has 0 aliphatic heterocycles. The number of nitrogen functional groups attached to an aromatic ring is 2. The minimum atomic E-state index is -4.63. The Morgan fingerprint density at radius 1 is 0.804 bits per heavy atom. The van der Waals surface area contributed by atoms with Crippen LogP contribution in [0.1, 0.15) is 22.5 Å². The number of anilines is 2. The molecule has 0 radical (unpaired) electrons. The lowest BCUT2D eigenvalue weighted by Gasteiger charge is -2.13. The van der Waals surface area contributed by atoms with E-state index in [9.17, 15) is 30.6 Å². The molecule has 9 nitrogen and oxygen atoms in total. The van der Waals surface area contributed by atoms with Crippen molar-refractivity contribution in [3.63, 3.8) is 0 Å². The van der Waals surface area contributed by atoms with E-state index in [4.69, 9.17) is 91.6 Å². The molecule has 0 saturated heterocycles. The molecule has 1 atom stereocenters. The second kappa shape index (κ2) is 22.1. The van der Waals surface area contributed by atoms with Crippen molar-refractivity contribution >= 4 is 165 Å². The van der Waals surface area contributed by atoms with Gasteiger partial charge in [-0.1, -0.05) is 46.4 Å². The first kappa shape index (κ1) is 50.5. The molecule has 4 aromatic rings. The lowest BCUT2D eigenvalue weighted by molar-refractivity contribution is -0.138. The molecular weight excluding hydrogens is 1200 g/mol. The standard InChI is InChI=1S/C12H7Cl2F3N4OS.C12H7Cl2F3N4S.CH2Cl2.I2.HI/c1-23(22)10-8(4-18)20-21(11(10)19)9-6(13)2-5(3-7(9)14)12(15,16)17;1-22-10-8(4-18)20-21(11(10)19)9-6(13)2-5(3-7(9)14)12(15,16)17;2-1-3;1-2;/h2-3H,19H2,1H3;2-3H,19H2,1H3;1H2;;1H. The molecule has 51 heavy (non-hydrogen) atoms. The molecule has 0 spiro atoms. The number of alkyl halides is 8. The van der Waals surface area contributed by atoms with Gasteiger partial charge in [0.2, 0.25) is 0 Å². The van der Waals surface area contributed by atoms with E-state index in [-0.39, 0.29) is 88.7 Å². The summed E-state index contributed by atoms with van der Waals surface area (Å²) in [7, 11) is -1.63. The lowest BCUT2D eigenvalue weighted by atomic mass is 10.2. The van der Waals surface area contributed by atoms with Gasteiger partial charge in [-0.15, -0.1) is 58.9 Å². The first-order valence-corrected chi connectivity index (χ1v) is 23.7. The normalized spacial score (nSPS) is 11.3. The third kappa shape index (κ3) is 12.7. The zero-order valence-electron chi connectivity index (χ0n) is 24.8. The van der Waals surface area contributed by atoms with Crippen molar-refractivity contribution in [1.82, 2.24) is 19.6 Å². The predicted octanol–water partition coefficient (Wildman–Crippen LogP) is 11.6. The van der Waals surface area contributed by atoms with Crippen LogP contribution >= 0.6 is 143 Å². The monoisotopic (exact) mass is 1210 g/mol. The van der Waals surface area contributed by atoms with Crippen molar-refractivity contribution < 1.29 is 30.6 Å². The number of hydrogen-bond donors (Lipinski definition) is 2. The van der Waals surface area contributed by atoms with E-state index in [1.54, 1.807) is 12.3 Å². The van der Waals surface area contributed by atoms with Crippen molar-refractivity contribution in [1.29, 1.82) is 10.5 Å². The van der Waals surface area contributed by atoms with Gasteiger partial charge in [0.15, 0.2) is 11.4 Å². The van der Waals surface area contributed by atoms with Crippen LogP contribution in [0.4, 0.5) is 38.0 Å². The highest BCUT2D eigenvalue weighted by Crippen LogP contribution is 2.41. The molecule has 2 aromatic heterocycles. The van der Waals surface area contributed by atoms with Crippen LogP contribution in [0.25, 0.3) is 11.4 Å². The summed E-state index contributed by atoms with van der Waals surface area (Å²) < 4.78 is 90.0. The molecule has 4 rings (SSSR count). The average molecular weight is 1220 g/mol. The van der Waals surface area contributed by atoms with Crippen LogP contribution in [0.2, 0.25) is 20.1 Å². The highest BCUT2D eigenvalue weighted by Gasteiger charge is 2.34. The van der Waals surface area contributed by atoms with Gasteiger partial charge in [0.25, 0.3) is 0 Å². The summed E-state index contributed by atoms with van der Waals surface area (Å²) in [6.45, 7) is 0. The first-order chi connectivity index (χ1) is 23.2. The van der Waals surface area contributed by atoms with Gasteiger partial charge >= 0.3 is 12.4 Å². The summed E-state index contributed by atoms with van der Waals surface area (Å²) in [5.74, 6) is -0.112. The lowest BCUT2D eigenvalue weighted by Crippen LogP contribution is -2.09. The molecule has 2 aromatic carbocycles. The van der Waals surface area contributed by atoms with Crippen LogP contribution < -0.4 is 11.5 Å². The maximum absolute atomic E-state index is 12.7. The number of nitrogens with two attached hydrogens (primary N) is 2. The number of aromatic nitrogens is 4. The number of halogens is 15. The molecule has 0 aliphatic rings. The van der Waals surface area contributed by atoms with Crippen LogP contribution in [0, 0.1) is 22.7 Å². The van der Waals surface area contributed by atoms with Gasteiger partial charge in [0, 0.05) is 43.5 Å². The fourth-order valence-electron chi connectivity index (χ4n) is 3.67. The second-order valence-electron chi connectivity index (χ2n) is 8.50. The van der Waals surface area contributed by atoms with Gasteiger partial charge in [-0.05, 0) is 30.5 Å². The molecular formula is C25H17Cl6F6I3N8OS2. The third-order valence-electron chi connectivity index (χ3n) is 5.57. The van der Waals surface area contributed by atoms with Crippen molar-refractivity contribution in [3.8, 4) is 23.5 Å². The third-order valence-corrected chi connectivity index (χ3v) is 8.51. The van der Waals surface area contributed by atoms with E-state index >= 15 is 0 Å². The number of nitriles is 2. The summed E-state index contributed by atoms with van der Waals surface area (Å²) in [4.78, 5) is 0.356. The van der Waals surface area contributed by atoms with Crippen molar-refractivity contribution in [2.45, 2.75) is 22.1 Å². The van der Waals surface area contributed by atoms with Gasteiger partial charge in [0.1, 0.15) is 40.0 Å². The summed E-state index contributed by atoms with van der Waals surface area (Å²) >= 11 is 38.5. The van der Waals surface area contributed by atoms with Crippen LogP contribution in [-0.2, 0) is 23.2 Å². The molecule has 0 fully saturated rings. The average Bonchev–Trinajstić information content (AvgIpc) is 3.52. The Morgan fingerprint density at radius 2 is 1.12 bits per heavy atom. The Morgan fingerprint density at radius 3 is 1.35 bits per heavy atom. The molecule has 0 aliphatic carbocycles. The summed E-state index contributed by atoms with van der Waals surface area (Å²) in [5, 5.41) is 24.7. The summed E-state index contributed by atoms with van der Waals surface area (Å²) in [5.41, 5.74) is 9.31. The van der Waals surface area contributed by atoms with E-state index in [1.165, 1.54) is 18.0 Å². The maximum atomic E-state index is 12.7. The van der Waals surface area contributed by atoms with Crippen molar-refractivity contribution in [2.24, 2.45) is 0 Å². The van der Waals surface area contributed by atoms with E-state index in [0.29, 0.717) is 17.0 Å². The maximum Gasteiger partial charge on any atom is 0.416 e. The van der Waals surface area contributed by atoms with E-state index in [1.807, 2.05) is 6.07 Å². The van der Waals surface area contributed by atoms with Crippen molar-refractivity contribution in [3.05, 3.63) is 66.9 Å². The van der Waals surface area contributed by atoms with E-state index < -0.39 is 34.3 Å². The SMILES string of the molecule is CS(=O)c1c(C#N)nn(-c2c(Cl)cc(C(F)(F)F)cc2Cl)c1N.CSc1c(C#N)nn(-c2c(Cl)cc(C(F)(F)F)cc2Cl)c1N.ClCCl.I.II. The van der Waals surface area contributed by atoms with Crippen molar-refractivity contribution in [2.75, 3.05) is 29.3 Å². The van der Waals surface area contributed by atoms with Crippen LogP contribution in [0.3, 0.4) is 0 Å². The fourth-order valence-corrected chi connectivity index (χ4v) is 6.28. The van der Waals surface area contributed by atoms with Gasteiger partial charge in [-0.2, -0.15) is 47.1 Å². The minimum absolute atomic E-state index is 0. The molecule has 280 valence electrons. The Hall–Kier alpha value is -0.550. The number of hydrogen-bond acceptors (Lipinski definition) is 8. The fraction of sp³-hybridized carbons (Fsp3) is 0.200. The second-order valence-corrected chi connectivity index (χ2v) is 13.1. The minimum Gasteiger partial charge on any atom is -0.383 e. The largest absolute Gasteiger partial charge is 0.416 e. The number of benzene rings is 2. The molecule has 0 amide bonds. The molecule has 1 unspecified atom stereocenters. The molecule has 0 saturated carbocycles. The van der Waals surface area contributed by atoms with Gasteiger partial charge < -0.3 is 11.5 Å². The number of thioether (sulfide) groups is 1. The number of nitrogens with zero attached hydrogens (tertiary/aromatic N) is 6. The Bertz CT molecular complexity index is 1910. The van der Waals surface area contributed by atoms with E-state index in [2.05, 4.69) is 47.4 Å². The van der Waals surface area contributed by atoms with Gasteiger partial charge in [-0.3, -0.25) is 4.21 Å². The molecule has 26 heteroatoms. The molecule has 4 N–H and O–H groups in total. The highest BCUT2D eigenvalue weighted by atomic mass is 128. The summed E-state index contributed by atoms with van der Waals surface area (Å²) in [6.07, 6.45) is -6.23. The predicted molar refractivity (Wildman–Crippen MR) is 220 cm³/mol. The smallest absolute Gasteiger partial charge is 0.383 e. The Labute approximate surface area is 363 Å². The highest BCUT2D eigenvalue weighted by molar-refractivity contribution is 15.0. The van der Waals surface area contributed by atoms with E-state index in [0.717, 1.165) is 21.5 Å². The van der Waals surface area contributed by atoms with Crippen LogP contribution in [0.15, 0.2) is 34.1 Å².